The lowest BCUT2D eigenvalue weighted by molar-refractivity contribution is -0.118. The molecule has 0 aromatic heterocycles. The highest BCUT2D eigenvalue weighted by atomic mass is 16.2. The molecule has 0 saturated carbocycles. The molecule has 2 unspecified atom stereocenters. The predicted molar refractivity (Wildman–Crippen MR) is 69.3 cm³/mol. The fourth-order valence-electron chi connectivity index (χ4n) is 2.89. The molecule has 2 aliphatic heterocycles. The highest BCUT2D eigenvalue weighted by Crippen LogP contribution is 2.38. The molecule has 1 aromatic rings. The lowest BCUT2D eigenvalue weighted by Gasteiger charge is -2.43. The van der Waals surface area contributed by atoms with Crippen molar-refractivity contribution in [2.45, 2.75) is 25.8 Å². The molecule has 0 spiro atoms. The number of para-hydroxylation sites is 1. The summed E-state index contributed by atoms with van der Waals surface area (Å²) in [7, 11) is 0. The minimum Gasteiger partial charge on any atom is -0.358 e. The van der Waals surface area contributed by atoms with Crippen LogP contribution in [0.15, 0.2) is 18.2 Å². The van der Waals surface area contributed by atoms with Gasteiger partial charge in [-0.25, -0.2) is 0 Å². The van der Waals surface area contributed by atoms with Gasteiger partial charge in [0.1, 0.15) is 12.1 Å². The van der Waals surface area contributed by atoms with Gasteiger partial charge in [-0.15, -0.1) is 0 Å². The summed E-state index contributed by atoms with van der Waals surface area (Å²) in [5.41, 5.74) is 2.21. The summed E-state index contributed by atoms with van der Waals surface area (Å²) in [5.74, 6) is 0.606. The molecule has 2 atom stereocenters. The number of nitrogens with one attached hydrogen (secondary N) is 1. The van der Waals surface area contributed by atoms with E-state index in [0.717, 1.165) is 25.1 Å². The standard InChI is InChI=1S/C14H15N3O/c1-9-5-6-17-11-4-2-3-10(8-15)13(11)16-14(18)12(17)7-9/h2-4,9,12H,5-7H2,1H3,(H,16,18). The summed E-state index contributed by atoms with van der Waals surface area (Å²) in [6.07, 6.45) is 1.99. The Balaban J connectivity index is 2.08. The number of amides is 1. The number of fused-ring (bicyclic) bond motifs is 3. The van der Waals surface area contributed by atoms with E-state index in [0.29, 0.717) is 17.2 Å². The van der Waals surface area contributed by atoms with Gasteiger partial charge in [0, 0.05) is 6.54 Å². The first kappa shape index (κ1) is 11.1. The zero-order valence-corrected chi connectivity index (χ0v) is 10.3. The summed E-state index contributed by atoms with van der Waals surface area (Å²) in [6, 6.07) is 7.67. The summed E-state index contributed by atoms with van der Waals surface area (Å²) in [6.45, 7) is 3.08. The normalized spacial score (nSPS) is 25.8. The Morgan fingerprint density at radius 1 is 1.50 bits per heavy atom. The van der Waals surface area contributed by atoms with E-state index in [4.69, 9.17) is 5.26 Å². The minimum atomic E-state index is -0.0739. The molecule has 1 N–H and O–H groups in total. The molecule has 3 rings (SSSR count). The molecular formula is C14H15N3O. The van der Waals surface area contributed by atoms with E-state index in [-0.39, 0.29) is 11.9 Å². The van der Waals surface area contributed by atoms with Crippen molar-refractivity contribution in [3.05, 3.63) is 23.8 Å². The molecular weight excluding hydrogens is 226 g/mol. The van der Waals surface area contributed by atoms with E-state index in [2.05, 4.69) is 23.2 Å². The summed E-state index contributed by atoms with van der Waals surface area (Å²) < 4.78 is 0. The number of nitrogens with zero attached hydrogens (tertiary/aromatic N) is 2. The molecule has 1 saturated heterocycles. The van der Waals surface area contributed by atoms with Crippen LogP contribution in [0.25, 0.3) is 0 Å². The third-order valence-corrected chi connectivity index (χ3v) is 3.89. The van der Waals surface area contributed by atoms with Gasteiger partial charge in [-0.05, 0) is 30.9 Å². The fourth-order valence-corrected chi connectivity index (χ4v) is 2.89. The van der Waals surface area contributed by atoms with Crippen molar-refractivity contribution < 1.29 is 4.79 Å². The second-order valence-electron chi connectivity index (χ2n) is 5.14. The molecule has 18 heavy (non-hydrogen) atoms. The van der Waals surface area contributed by atoms with Crippen molar-refractivity contribution in [2.75, 3.05) is 16.8 Å². The number of benzene rings is 1. The molecule has 1 aromatic carbocycles. The quantitative estimate of drug-likeness (QED) is 0.757. The third-order valence-electron chi connectivity index (χ3n) is 3.89. The Hall–Kier alpha value is -2.02. The van der Waals surface area contributed by atoms with Crippen molar-refractivity contribution in [3.8, 4) is 6.07 Å². The SMILES string of the molecule is CC1CCN2c3cccc(C#N)c3NC(=O)C2C1. The van der Waals surface area contributed by atoms with Gasteiger partial charge in [0.25, 0.3) is 0 Å². The molecule has 2 aliphatic rings. The van der Waals surface area contributed by atoms with Crippen molar-refractivity contribution in [2.24, 2.45) is 5.92 Å². The van der Waals surface area contributed by atoms with Gasteiger partial charge in [0.05, 0.1) is 16.9 Å². The molecule has 2 heterocycles. The number of nitriles is 1. The number of hydrogen-bond acceptors (Lipinski definition) is 3. The molecule has 1 fully saturated rings. The molecule has 0 radical (unpaired) electrons. The number of anilines is 2. The van der Waals surface area contributed by atoms with E-state index < -0.39 is 0 Å². The maximum Gasteiger partial charge on any atom is 0.247 e. The maximum absolute atomic E-state index is 12.1. The zero-order chi connectivity index (χ0) is 12.7. The molecule has 4 nitrogen and oxygen atoms in total. The zero-order valence-electron chi connectivity index (χ0n) is 10.3. The van der Waals surface area contributed by atoms with Crippen LogP contribution < -0.4 is 10.2 Å². The van der Waals surface area contributed by atoms with Crippen LogP contribution in [0.5, 0.6) is 0 Å². The Morgan fingerprint density at radius 2 is 2.33 bits per heavy atom. The second kappa shape index (κ2) is 4.02. The monoisotopic (exact) mass is 241 g/mol. The Bertz CT molecular complexity index is 546. The van der Waals surface area contributed by atoms with E-state index in [1.807, 2.05) is 12.1 Å². The first-order valence-electron chi connectivity index (χ1n) is 6.31. The second-order valence-corrected chi connectivity index (χ2v) is 5.14. The first-order chi connectivity index (χ1) is 8.70. The maximum atomic E-state index is 12.1. The Morgan fingerprint density at radius 3 is 3.11 bits per heavy atom. The van der Waals surface area contributed by atoms with Crippen molar-refractivity contribution in [1.29, 1.82) is 5.26 Å². The van der Waals surface area contributed by atoms with Crippen LogP contribution >= 0.6 is 0 Å². The molecule has 92 valence electrons. The predicted octanol–water partition coefficient (Wildman–Crippen LogP) is 2.12. The van der Waals surface area contributed by atoms with Crippen LogP contribution in [0.1, 0.15) is 25.3 Å². The van der Waals surface area contributed by atoms with Crippen LogP contribution in [0, 0.1) is 17.2 Å². The highest BCUT2D eigenvalue weighted by molar-refractivity contribution is 6.05. The Labute approximate surface area is 106 Å². The van der Waals surface area contributed by atoms with E-state index in [9.17, 15) is 4.79 Å². The number of piperidine rings is 1. The first-order valence-corrected chi connectivity index (χ1v) is 6.31. The molecule has 0 bridgehead atoms. The lowest BCUT2D eigenvalue weighted by atomic mass is 9.89. The van der Waals surface area contributed by atoms with Crippen molar-refractivity contribution in [1.82, 2.24) is 0 Å². The average molecular weight is 241 g/mol. The van der Waals surface area contributed by atoms with E-state index in [1.165, 1.54) is 0 Å². The lowest BCUT2D eigenvalue weighted by Crippen LogP contribution is -2.52. The number of carbonyl (C=O) groups is 1. The summed E-state index contributed by atoms with van der Waals surface area (Å²) in [4.78, 5) is 14.3. The molecule has 1 amide bonds. The van der Waals surface area contributed by atoms with Crippen LogP contribution in [0.4, 0.5) is 11.4 Å². The van der Waals surface area contributed by atoms with Gasteiger partial charge in [0.15, 0.2) is 0 Å². The van der Waals surface area contributed by atoms with Crippen molar-refractivity contribution in [3.63, 3.8) is 0 Å². The van der Waals surface area contributed by atoms with Gasteiger partial charge in [0.2, 0.25) is 5.91 Å². The largest absolute Gasteiger partial charge is 0.358 e. The molecule has 0 aliphatic carbocycles. The number of hydrogen-bond donors (Lipinski definition) is 1. The number of rotatable bonds is 0. The summed E-state index contributed by atoms with van der Waals surface area (Å²) in [5, 5.41) is 12.0. The Kier molecular flexibility index (Phi) is 2.48. The van der Waals surface area contributed by atoms with Crippen LogP contribution in [-0.2, 0) is 4.79 Å². The van der Waals surface area contributed by atoms with Gasteiger partial charge in [-0.2, -0.15) is 5.26 Å². The van der Waals surface area contributed by atoms with Gasteiger partial charge >= 0.3 is 0 Å². The van der Waals surface area contributed by atoms with Gasteiger partial charge in [-0.1, -0.05) is 13.0 Å². The van der Waals surface area contributed by atoms with Gasteiger partial charge < -0.3 is 10.2 Å². The van der Waals surface area contributed by atoms with Crippen LogP contribution in [-0.4, -0.2) is 18.5 Å². The number of carbonyl (C=O) groups excluding carboxylic acids is 1. The fraction of sp³-hybridized carbons (Fsp3) is 0.429. The highest BCUT2D eigenvalue weighted by Gasteiger charge is 2.37. The topological polar surface area (TPSA) is 56.1 Å². The average Bonchev–Trinajstić information content (AvgIpc) is 2.38. The van der Waals surface area contributed by atoms with Crippen LogP contribution in [0.3, 0.4) is 0 Å². The van der Waals surface area contributed by atoms with E-state index in [1.54, 1.807) is 6.07 Å². The third kappa shape index (κ3) is 1.55. The van der Waals surface area contributed by atoms with Gasteiger partial charge in [-0.3, -0.25) is 4.79 Å². The minimum absolute atomic E-state index is 0.0248. The van der Waals surface area contributed by atoms with Crippen molar-refractivity contribution >= 4 is 17.3 Å². The van der Waals surface area contributed by atoms with Crippen LogP contribution in [0.2, 0.25) is 0 Å². The smallest absolute Gasteiger partial charge is 0.247 e. The summed E-state index contributed by atoms with van der Waals surface area (Å²) >= 11 is 0. The van der Waals surface area contributed by atoms with E-state index >= 15 is 0 Å². The molecule has 4 heteroatoms.